The van der Waals surface area contributed by atoms with Crippen LogP contribution >= 0.6 is 18.5 Å². The van der Waals surface area contributed by atoms with E-state index in [4.69, 9.17) is 0 Å². The Morgan fingerprint density at radius 1 is 1.26 bits per heavy atom. The smallest absolute Gasteiger partial charge is 0.255 e. The molecule has 3 aliphatic rings. The molecule has 2 saturated carbocycles. The number of anilines is 1. The Labute approximate surface area is 186 Å². The van der Waals surface area contributed by atoms with E-state index in [1.54, 1.807) is 13.3 Å². The Morgan fingerprint density at radius 2 is 1.97 bits per heavy atom. The minimum Gasteiger partial charge on any atom is -0.331 e. The van der Waals surface area contributed by atoms with Crippen LogP contribution in [0.2, 0.25) is 0 Å². The summed E-state index contributed by atoms with van der Waals surface area (Å²) >= 11 is 1.44. The molecule has 1 unspecified atom stereocenters. The van der Waals surface area contributed by atoms with Gasteiger partial charge in [-0.15, -0.1) is 0 Å². The van der Waals surface area contributed by atoms with Crippen LogP contribution in [0.25, 0.3) is 10.4 Å². The second kappa shape index (κ2) is 7.28. The standard InChI is InChI=1S/C23H28N3O3PS/c1-12-20(31-23(24-12)25-21(27)15-7-8-15)16-9-17-11-26(13(2)14-5-6-14)22(28)19(17)18(10-16)30(3,4)29/h9-10,13-15H,5-8,11H2,1-4H3,(H,24,25,27). The zero-order valence-corrected chi connectivity index (χ0v) is 20.1. The van der Waals surface area contributed by atoms with Crippen LogP contribution < -0.4 is 10.6 Å². The Bertz CT molecular complexity index is 1140. The van der Waals surface area contributed by atoms with Gasteiger partial charge < -0.3 is 14.8 Å². The van der Waals surface area contributed by atoms with Gasteiger partial charge in [0.1, 0.15) is 7.14 Å². The zero-order chi connectivity index (χ0) is 22.1. The van der Waals surface area contributed by atoms with Crippen molar-refractivity contribution < 1.29 is 14.2 Å². The van der Waals surface area contributed by atoms with Crippen molar-refractivity contribution in [3.8, 4) is 10.4 Å². The highest BCUT2D eigenvalue weighted by Gasteiger charge is 2.41. The normalized spacial score (nSPS) is 19.5. The molecule has 1 aliphatic heterocycles. The molecule has 2 fully saturated rings. The quantitative estimate of drug-likeness (QED) is 0.649. The maximum Gasteiger partial charge on any atom is 0.255 e. The predicted octanol–water partition coefficient (Wildman–Crippen LogP) is 4.47. The number of nitrogens with zero attached hydrogens (tertiary/aromatic N) is 2. The molecular formula is C23H28N3O3PS. The largest absolute Gasteiger partial charge is 0.331 e. The van der Waals surface area contributed by atoms with Gasteiger partial charge in [-0.3, -0.25) is 9.59 Å². The van der Waals surface area contributed by atoms with Crippen molar-refractivity contribution in [1.82, 2.24) is 9.88 Å². The molecule has 6 nitrogen and oxygen atoms in total. The van der Waals surface area contributed by atoms with Gasteiger partial charge >= 0.3 is 0 Å². The van der Waals surface area contributed by atoms with Crippen LogP contribution in [0.4, 0.5) is 5.13 Å². The molecule has 1 aromatic heterocycles. The fourth-order valence-electron chi connectivity index (χ4n) is 4.44. The average molecular weight is 458 g/mol. The number of carbonyl (C=O) groups excluding carboxylic acids is 2. The number of aromatic nitrogens is 1. The van der Waals surface area contributed by atoms with E-state index in [1.165, 1.54) is 24.2 Å². The van der Waals surface area contributed by atoms with Crippen LogP contribution in [-0.2, 0) is 15.9 Å². The van der Waals surface area contributed by atoms with Crippen molar-refractivity contribution in [1.29, 1.82) is 0 Å². The van der Waals surface area contributed by atoms with E-state index in [0.29, 0.717) is 28.5 Å². The number of carbonyl (C=O) groups is 2. The Kier molecular flexibility index (Phi) is 4.91. The lowest BCUT2D eigenvalue weighted by atomic mass is 10.0. The first-order valence-electron chi connectivity index (χ1n) is 11.0. The molecule has 0 radical (unpaired) electrons. The highest BCUT2D eigenvalue weighted by molar-refractivity contribution is 7.70. The Morgan fingerprint density at radius 3 is 2.58 bits per heavy atom. The highest BCUT2D eigenvalue weighted by atomic mass is 32.1. The fraction of sp³-hybridized carbons (Fsp3) is 0.522. The van der Waals surface area contributed by atoms with Gasteiger partial charge in [-0.25, -0.2) is 4.98 Å². The molecular weight excluding hydrogens is 429 g/mol. The molecule has 0 bridgehead atoms. The van der Waals surface area contributed by atoms with E-state index < -0.39 is 7.14 Å². The number of aryl methyl sites for hydroxylation is 1. The van der Waals surface area contributed by atoms with E-state index in [1.807, 2.05) is 17.9 Å². The molecule has 31 heavy (non-hydrogen) atoms. The third-order valence-corrected chi connectivity index (χ3v) is 9.26. The molecule has 1 aromatic carbocycles. The second-order valence-corrected chi connectivity index (χ2v) is 13.8. The van der Waals surface area contributed by atoms with E-state index in [-0.39, 0.29) is 23.8 Å². The van der Waals surface area contributed by atoms with E-state index in [2.05, 4.69) is 23.3 Å². The van der Waals surface area contributed by atoms with E-state index in [9.17, 15) is 14.2 Å². The molecule has 2 amide bonds. The third kappa shape index (κ3) is 3.87. The molecule has 2 aliphatic carbocycles. The number of hydrogen-bond donors (Lipinski definition) is 1. The second-order valence-electron chi connectivity index (χ2n) is 9.59. The number of hydrogen-bond acceptors (Lipinski definition) is 5. The predicted molar refractivity (Wildman–Crippen MR) is 125 cm³/mol. The van der Waals surface area contributed by atoms with Gasteiger partial charge in [-0.2, -0.15) is 0 Å². The monoisotopic (exact) mass is 457 g/mol. The van der Waals surface area contributed by atoms with Gasteiger partial charge in [0.05, 0.1) is 16.1 Å². The highest BCUT2D eigenvalue weighted by Crippen LogP contribution is 2.44. The minimum absolute atomic E-state index is 0.0123. The van der Waals surface area contributed by atoms with Crippen molar-refractivity contribution >= 4 is 40.7 Å². The number of rotatable bonds is 6. The van der Waals surface area contributed by atoms with E-state index in [0.717, 1.165) is 34.5 Å². The number of thiazole rings is 1. The minimum atomic E-state index is -2.68. The van der Waals surface area contributed by atoms with Crippen LogP contribution in [-0.4, -0.2) is 41.1 Å². The van der Waals surface area contributed by atoms with Gasteiger partial charge in [-0.05, 0) is 82.0 Å². The lowest BCUT2D eigenvalue weighted by Gasteiger charge is -2.24. The average Bonchev–Trinajstić information content (AvgIpc) is 3.61. The zero-order valence-electron chi connectivity index (χ0n) is 18.4. The Hall–Kier alpha value is -1.98. The first kappa shape index (κ1) is 20.9. The summed E-state index contributed by atoms with van der Waals surface area (Å²) in [5, 5.41) is 4.19. The number of amides is 2. The van der Waals surface area contributed by atoms with Gasteiger partial charge in [0, 0.05) is 23.8 Å². The Balaban J connectivity index is 1.54. The number of nitrogens with one attached hydrogen (secondary N) is 1. The lowest BCUT2D eigenvalue weighted by molar-refractivity contribution is -0.117. The van der Waals surface area contributed by atoms with Gasteiger partial charge in [-0.1, -0.05) is 11.3 Å². The fourth-order valence-corrected chi connectivity index (χ4v) is 6.63. The van der Waals surface area contributed by atoms with Crippen LogP contribution in [0.15, 0.2) is 12.1 Å². The van der Waals surface area contributed by atoms with Crippen molar-refractivity contribution in [3.05, 3.63) is 29.0 Å². The van der Waals surface area contributed by atoms with Crippen LogP contribution in [0.1, 0.15) is 54.2 Å². The molecule has 2 aromatic rings. The molecule has 0 spiro atoms. The number of benzene rings is 1. The van der Waals surface area contributed by atoms with Crippen molar-refractivity contribution in [2.24, 2.45) is 11.8 Å². The van der Waals surface area contributed by atoms with Crippen molar-refractivity contribution in [3.63, 3.8) is 0 Å². The SMILES string of the molecule is Cc1nc(NC(=O)C2CC2)sc1-c1cc2c(c(P(C)(C)=O)c1)C(=O)N(C(C)C1CC1)C2. The van der Waals surface area contributed by atoms with Crippen molar-refractivity contribution in [2.45, 2.75) is 52.1 Å². The number of fused-ring (bicyclic) bond motifs is 1. The van der Waals surface area contributed by atoms with Crippen LogP contribution in [0.3, 0.4) is 0 Å². The topological polar surface area (TPSA) is 79.4 Å². The summed E-state index contributed by atoms with van der Waals surface area (Å²) in [5.41, 5.74) is 3.34. The summed E-state index contributed by atoms with van der Waals surface area (Å²) < 4.78 is 13.2. The first-order valence-corrected chi connectivity index (χ1v) is 14.4. The summed E-state index contributed by atoms with van der Waals surface area (Å²) in [4.78, 5) is 32.9. The third-order valence-electron chi connectivity index (χ3n) is 6.63. The molecule has 5 rings (SSSR count). The maximum atomic E-state index is 13.3. The van der Waals surface area contributed by atoms with E-state index >= 15 is 0 Å². The summed E-state index contributed by atoms with van der Waals surface area (Å²) in [5.74, 6) is 0.753. The molecule has 1 atom stereocenters. The summed E-state index contributed by atoms with van der Waals surface area (Å²) in [6.45, 7) is 8.08. The maximum absolute atomic E-state index is 13.3. The van der Waals surface area contributed by atoms with Crippen molar-refractivity contribution in [2.75, 3.05) is 18.6 Å². The molecule has 164 valence electrons. The van der Waals surface area contributed by atoms with Gasteiger partial charge in [0.2, 0.25) is 5.91 Å². The van der Waals surface area contributed by atoms with Crippen LogP contribution in [0, 0.1) is 18.8 Å². The molecule has 0 saturated heterocycles. The van der Waals surface area contributed by atoms with Gasteiger partial charge in [0.15, 0.2) is 5.13 Å². The summed E-state index contributed by atoms with van der Waals surface area (Å²) in [6.07, 6.45) is 4.25. The molecule has 1 N–H and O–H groups in total. The van der Waals surface area contributed by atoms with Crippen LogP contribution in [0.5, 0.6) is 0 Å². The molecule has 2 heterocycles. The summed E-state index contributed by atoms with van der Waals surface area (Å²) in [6, 6.07) is 4.17. The first-order chi connectivity index (χ1) is 14.6. The lowest BCUT2D eigenvalue weighted by Crippen LogP contribution is -2.35. The molecule has 8 heteroatoms. The summed E-state index contributed by atoms with van der Waals surface area (Å²) in [7, 11) is -2.68. The van der Waals surface area contributed by atoms with Gasteiger partial charge in [0.25, 0.3) is 5.91 Å².